The van der Waals surface area contributed by atoms with Crippen molar-refractivity contribution in [2.75, 3.05) is 43.6 Å². The van der Waals surface area contributed by atoms with E-state index in [1.54, 1.807) is 24.3 Å². The lowest BCUT2D eigenvalue weighted by Gasteiger charge is -2.28. The van der Waals surface area contributed by atoms with Gasteiger partial charge in [-0.05, 0) is 18.2 Å². The molecule has 1 aliphatic rings. The summed E-state index contributed by atoms with van der Waals surface area (Å²) in [7, 11) is 1.50. The summed E-state index contributed by atoms with van der Waals surface area (Å²) in [6, 6.07) is 7.71. The Hall–Kier alpha value is -3.20. The van der Waals surface area contributed by atoms with Gasteiger partial charge in [-0.1, -0.05) is 0 Å². The van der Waals surface area contributed by atoms with E-state index in [2.05, 4.69) is 10.3 Å². The van der Waals surface area contributed by atoms with E-state index in [1.165, 1.54) is 19.4 Å². The normalized spacial score (nSPS) is 14.0. The minimum absolute atomic E-state index is 0.104. The summed E-state index contributed by atoms with van der Waals surface area (Å²) < 4.78 is 10.2. The molecular formula is C17H18N4O5. The number of amides is 1. The highest BCUT2D eigenvalue weighted by molar-refractivity contribution is 6.05. The number of carbonyl (C=O) groups is 1. The summed E-state index contributed by atoms with van der Waals surface area (Å²) in [5, 5.41) is 14.1. The zero-order chi connectivity index (χ0) is 18.5. The molecule has 1 N–H and O–H groups in total. The molecular weight excluding hydrogens is 340 g/mol. The Balaban J connectivity index is 1.81. The molecule has 136 valence electrons. The van der Waals surface area contributed by atoms with Crippen molar-refractivity contribution in [2.24, 2.45) is 0 Å². The second-order valence-corrected chi connectivity index (χ2v) is 5.60. The molecule has 1 aromatic carbocycles. The smallest absolute Gasteiger partial charge is 0.293 e. The van der Waals surface area contributed by atoms with Crippen LogP contribution in [0.25, 0.3) is 0 Å². The fourth-order valence-electron chi connectivity index (χ4n) is 2.66. The first-order valence-electron chi connectivity index (χ1n) is 8.01. The van der Waals surface area contributed by atoms with Gasteiger partial charge in [-0.3, -0.25) is 14.9 Å². The maximum atomic E-state index is 12.4. The quantitative estimate of drug-likeness (QED) is 0.644. The summed E-state index contributed by atoms with van der Waals surface area (Å²) in [6.45, 7) is 2.18. The summed E-state index contributed by atoms with van der Waals surface area (Å²) in [4.78, 5) is 29.3. The molecule has 1 amide bonds. The van der Waals surface area contributed by atoms with Crippen LogP contribution in [-0.2, 0) is 4.74 Å². The van der Waals surface area contributed by atoms with E-state index < -0.39 is 10.8 Å². The fourth-order valence-corrected chi connectivity index (χ4v) is 2.66. The van der Waals surface area contributed by atoms with Gasteiger partial charge < -0.3 is 19.7 Å². The Morgan fingerprint density at radius 2 is 2.08 bits per heavy atom. The Morgan fingerprint density at radius 3 is 2.69 bits per heavy atom. The molecule has 2 aromatic rings. The molecule has 9 heteroatoms. The van der Waals surface area contributed by atoms with E-state index in [1.807, 2.05) is 4.90 Å². The summed E-state index contributed by atoms with van der Waals surface area (Å²) in [5.74, 6) is -0.0258. The average Bonchev–Trinajstić information content (AvgIpc) is 2.68. The molecule has 0 radical (unpaired) electrons. The van der Waals surface area contributed by atoms with Crippen LogP contribution in [-0.4, -0.2) is 49.2 Å². The molecule has 2 heterocycles. The standard InChI is InChI=1S/C17H18N4O5/c1-25-16-5-3-13(11-18-16)19-17(22)12-2-4-14(15(10-12)21(23)24)20-6-8-26-9-7-20/h2-5,10-11H,6-9H2,1H3,(H,19,22). The number of nitrogens with zero attached hydrogens (tertiary/aromatic N) is 3. The Labute approximate surface area is 149 Å². The van der Waals surface area contributed by atoms with Crippen molar-refractivity contribution in [3.8, 4) is 5.88 Å². The van der Waals surface area contributed by atoms with Crippen molar-refractivity contribution < 1.29 is 19.2 Å². The van der Waals surface area contributed by atoms with Gasteiger partial charge in [-0.2, -0.15) is 0 Å². The third kappa shape index (κ3) is 3.89. The number of benzene rings is 1. The fraction of sp³-hybridized carbons (Fsp3) is 0.294. The molecule has 26 heavy (non-hydrogen) atoms. The van der Waals surface area contributed by atoms with Crippen LogP contribution in [0.2, 0.25) is 0 Å². The van der Waals surface area contributed by atoms with E-state index in [0.717, 1.165) is 0 Å². The van der Waals surface area contributed by atoms with Gasteiger partial charge in [0.05, 0.1) is 37.1 Å². The molecule has 1 aromatic heterocycles. The number of nitrogens with one attached hydrogen (secondary N) is 1. The maximum Gasteiger partial charge on any atom is 0.293 e. The van der Waals surface area contributed by atoms with Gasteiger partial charge >= 0.3 is 0 Å². The average molecular weight is 358 g/mol. The van der Waals surface area contributed by atoms with Gasteiger partial charge in [0.15, 0.2) is 0 Å². The second-order valence-electron chi connectivity index (χ2n) is 5.60. The molecule has 0 atom stereocenters. The van der Waals surface area contributed by atoms with Crippen molar-refractivity contribution in [2.45, 2.75) is 0 Å². The molecule has 1 fully saturated rings. The van der Waals surface area contributed by atoms with Crippen LogP contribution in [0.3, 0.4) is 0 Å². The molecule has 0 spiro atoms. The molecule has 0 saturated carbocycles. The van der Waals surface area contributed by atoms with Gasteiger partial charge in [-0.15, -0.1) is 0 Å². The van der Waals surface area contributed by atoms with Gasteiger partial charge in [0, 0.05) is 30.8 Å². The zero-order valence-electron chi connectivity index (χ0n) is 14.2. The Morgan fingerprint density at radius 1 is 1.31 bits per heavy atom. The van der Waals surface area contributed by atoms with Crippen LogP contribution in [0.1, 0.15) is 10.4 Å². The lowest BCUT2D eigenvalue weighted by molar-refractivity contribution is -0.384. The highest BCUT2D eigenvalue weighted by Crippen LogP contribution is 2.30. The van der Waals surface area contributed by atoms with E-state index in [4.69, 9.17) is 9.47 Å². The van der Waals surface area contributed by atoms with Crippen LogP contribution in [0, 0.1) is 10.1 Å². The zero-order valence-corrected chi connectivity index (χ0v) is 14.2. The van der Waals surface area contributed by atoms with Crippen molar-refractivity contribution in [1.29, 1.82) is 0 Å². The second kappa shape index (κ2) is 7.79. The van der Waals surface area contributed by atoms with Crippen LogP contribution >= 0.6 is 0 Å². The monoisotopic (exact) mass is 358 g/mol. The van der Waals surface area contributed by atoms with E-state index in [9.17, 15) is 14.9 Å². The van der Waals surface area contributed by atoms with Crippen LogP contribution in [0.4, 0.5) is 17.1 Å². The van der Waals surface area contributed by atoms with Crippen molar-refractivity contribution in [1.82, 2.24) is 4.98 Å². The first kappa shape index (κ1) is 17.6. The topological polar surface area (TPSA) is 107 Å². The van der Waals surface area contributed by atoms with Gasteiger partial charge in [0.1, 0.15) is 5.69 Å². The van der Waals surface area contributed by atoms with E-state index in [0.29, 0.717) is 43.6 Å². The molecule has 0 bridgehead atoms. The predicted molar refractivity (Wildman–Crippen MR) is 94.9 cm³/mol. The Kier molecular flexibility index (Phi) is 5.28. The number of hydrogen-bond acceptors (Lipinski definition) is 7. The number of rotatable bonds is 5. The number of ether oxygens (including phenoxy) is 2. The third-order valence-electron chi connectivity index (χ3n) is 3.99. The lowest BCUT2D eigenvalue weighted by Crippen LogP contribution is -2.36. The number of pyridine rings is 1. The van der Waals surface area contributed by atoms with Crippen molar-refractivity contribution >= 4 is 23.0 Å². The lowest BCUT2D eigenvalue weighted by atomic mass is 10.1. The van der Waals surface area contributed by atoms with Crippen molar-refractivity contribution in [3.05, 3.63) is 52.2 Å². The number of hydrogen-bond donors (Lipinski definition) is 1. The maximum absolute atomic E-state index is 12.4. The van der Waals surface area contributed by atoms with E-state index >= 15 is 0 Å². The minimum atomic E-state index is -0.476. The summed E-state index contributed by atoms with van der Waals surface area (Å²) in [6.07, 6.45) is 1.45. The highest BCUT2D eigenvalue weighted by atomic mass is 16.6. The summed E-state index contributed by atoms with van der Waals surface area (Å²) in [5.41, 5.74) is 1.05. The van der Waals surface area contributed by atoms with E-state index in [-0.39, 0.29) is 11.3 Å². The number of nitro groups is 1. The van der Waals surface area contributed by atoms with Crippen molar-refractivity contribution in [3.63, 3.8) is 0 Å². The number of methoxy groups -OCH3 is 1. The van der Waals surface area contributed by atoms with Gasteiger partial charge in [-0.25, -0.2) is 4.98 Å². The Bertz CT molecular complexity index is 803. The number of morpholine rings is 1. The largest absolute Gasteiger partial charge is 0.481 e. The van der Waals surface area contributed by atoms with Gasteiger partial charge in [0.2, 0.25) is 5.88 Å². The summed E-state index contributed by atoms with van der Waals surface area (Å²) >= 11 is 0. The minimum Gasteiger partial charge on any atom is -0.481 e. The molecule has 0 unspecified atom stereocenters. The number of nitro benzene ring substituents is 1. The first-order chi connectivity index (χ1) is 12.6. The van der Waals surface area contributed by atoms with Gasteiger partial charge in [0.25, 0.3) is 11.6 Å². The first-order valence-corrected chi connectivity index (χ1v) is 8.01. The highest BCUT2D eigenvalue weighted by Gasteiger charge is 2.23. The SMILES string of the molecule is COc1ccc(NC(=O)c2ccc(N3CCOCC3)c([N+](=O)[O-])c2)cn1. The predicted octanol–water partition coefficient (Wildman–Crippen LogP) is 2.09. The number of anilines is 2. The molecule has 9 nitrogen and oxygen atoms in total. The third-order valence-corrected chi connectivity index (χ3v) is 3.99. The number of aromatic nitrogens is 1. The molecule has 1 saturated heterocycles. The van der Waals surface area contributed by atoms with Crippen LogP contribution < -0.4 is 15.0 Å². The molecule has 1 aliphatic heterocycles. The van der Waals surface area contributed by atoms with Crippen LogP contribution in [0.5, 0.6) is 5.88 Å². The number of carbonyl (C=O) groups excluding carboxylic acids is 1. The molecule has 3 rings (SSSR count). The van der Waals surface area contributed by atoms with Crippen LogP contribution in [0.15, 0.2) is 36.5 Å². The molecule has 0 aliphatic carbocycles.